The summed E-state index contributed by atoms with van der Waals surface area (Å²) in [4.78, 5) is 12.4. The van der Waals surface area contributed by atoms with E-state index in [2.05, 4.69) is 25.5 Å². The minimum absolute atomic E-state index is 0.132. The van der Waals surface area contributed by atoms with Crippen molar-refractivity contribution in [1.29, 1.82) is 0 Å². The first-order valence-electron chi connectivity index (χ1n) is 9.07. The molecule has 0 aliphatic carbocycles. The molecule has 158 valence electrons. The summed E-state index contributed by atoms with van der Waals surface area (Å²) in [6.07, 6.45) is -1.83. The summed E-state index contributed by atoms with van der Waals surface area (Å²) in [5.74, 6) is 1.02. The maximum absolute atomic E-state index is 10.4. The molecule has 0 bridgehead atoms. The van der Waals surface area contributed by atoms with Crippen LogP contribution >= 0.6 is 0 Å². The minimum Gasteiger partial charge on any atom is -0.497 e. The Labute approximate surface area is 170 Å². The number of nitrogens with zero attached hydrogens (tertiary/aromatic N) is 5. The number of nitrogens with two attached hydrogens (primary N) is 1. The van der Waals surface area contributed by atoms with Crippen LogP contribution < -0.4 is 15.9 Å². The van der Waals surface area contributed by atoms with Crippen LogP contribution in [-0.4, -0.2) is 73.1 Å². The summed E-state index contributed by atoms with van der Waals surface area (Å²) in [6, 6.07) is 7.24. The van der Waals surface area contributed by atoms with E-state index in [1.165, 1.54) is 10.9 Å². The number of hydrazone groups is 1. The van der Waals surface area contributed by atoms with Crippen molar-refractivity contribution in [3.05, 3.63) is 36.2 Å². The van der Waals surface area contributed by atoms with Gasteiger partial charge in [0.2, 0.25) is 5.95 Å². The molecule has 0 spiro atoms. The van der Waals surface area contributed by atoms with Crippen molar-refractivity contribution in [1.82, 2.24) is 19.5 Å². The van der Waals surface area contributed by atoms with Gasteiger partial charge in [-0.05, 0) is 29.8 Å². The average Bonchev–Trinajstić information content (AvgIpc) is 3.26. The minimum atomic E-state index is -1.33. The molecule has 12 heteroatoms. The Hall–Kier alpha value is -3.32. The molecule has 3 heterocycles. The van der Waals surface area contributed by atoms with E-state index < -0.39 is 31.1 Å². The Bertz CT molecular complexity index is 1060. The number of imidazole rings is 1. The van der Waals surface area contributed by atoms with Crippen LogP contribution in [0.1, 0.15) is 11.8 Å². The molecule has 4 atom stereocenters. The number of hydrogen-bond acceptors (Lipinski definition) is 11. The highest BCUT2D eigenvalue weighted by Gasteiger charge is 2.45. The highest BCUT2D eigenvalue weighted by atomic mass is 16.6. The molecule has 0 amide bonds. The van der Waals surface area contributed by atoms with Crippen molar-refractivity contribution in [2.75, 3.05) is 24.9 Å². The molecule has 1 fully saturated rings. The first kappa shape index (κ1) is 20.0. The number of methoxy groups -OCH3 is 1. The van der Waals surface area contributed by atoms with Crippen LogP contribution in [0, 0.1) is 0 Å². The van der Waals surface area contributed by atoms with Gasteiger partial charge in [0.1, 0.15) is 30.4 Å². The van der Waals surface area contributed by atoms with Gasteiger partial charge in [0.15, 0.2) is 23.2 Å². The van der Waals surface area contributed by atoms with E-state index >= 15 is 0 Å². The second kappa shape index (κ2) is 8.20. The van der Waals surface area contributed by atoms with E-state index in [9.17, 15) is 15.3 Å². The van der Waals surface area contributed by atoms with Crippen LogP contribution in [0.5, 0.6) is 5.75 Å². The molecule has 12 nitrogen and oxygen atoms in total. The lowest BCUT2D eigenvalue weighted by Gasteiger charge is -2.18. The smallest absolute Gasteiger partial charge is 0.228 e. The predicted octanol–water partition coefficient (Wildman–Crippen LogP) is -0.525. The summed E-state index contributed by atoms with van der Waals surface area (Å²) in [5.41, 5.74) is 10.0. The van der Waals surface area contributed by atoms with Crippen LogP contribution in [0.4, 0.5) is 11.8 Å². The third-order valence-electron chi connectivity index (χ3n) is 4.77. The van der Waals surface area contributed by atoms with Crippen molar-refractivity contribution in [2.45, 2.75) is 24.5 Å². The van der Waals surface area contributed by atoms with Crippen LogP contribution in [0.2, 0.25) is 0 Å². The monoisotopic (exact) mass is 415 g/mol. The Morgan fingerprint density at radius 3 is 2.70 bits per heavy atom. The summed E-state index contributed by atoms with van der Waals surface area (Å²) >= 11 is 0. The number of rotatable bonds is 6. The van der Waals surface area contributed by atoms with Gasteiger partial charge in [0, 0.05) is 0 Å². The topological polar surface area (TPSA) is 173 Å². The summed E-state index contributed by atoms with van der Waals surface area (Å²) in [6.45, 7) is -0.461. The Morgan fingerprint density at radius 1 is 1.27 bits per heavy atom. The van der Waals surface area contributed by atoms with Gasteiger partial charge in [-0.25, -0.2) is 20.4 Å². The first-order chi connectivity index (χ1) is 14.5. The molecule has 1 saturated heterocycles. The molecule has 1 aliphatic heterocycles. The number of fused-ring (bicyclic) bond motifs is 1. The van der Waals surface area contributed by atoms with Gasteiger partial charge in [-0.2, -0.15) is 5.10 Å². The highest BCUT2D eigenvalue weighted by molar-refractivity contribution is 5.84. The van der Waals surface area contributed by atoms with E-state index in [-0.39, 0.29) is 22.9 Å². The SMILES string of the molecule is COc1ccc(/C=N\Nc2nc3c(N)ncnc3n2[C@H]2O[C@@H](CO)[C@H](O)[C@@H]2O)cc1. The van der Waals surface area contributed by atoms with E-state index in [4.69, 9.17) is 15.2 Å². The number of anilines is 2. The van der Waals surface area contributed by atoms with E-state index in [0.717, 1.165) is 11.3 Å². The Balaban J connectivity index is 1.68. The van der Waals surface area contributed by atoms with E-state index in [1.54, 1.807) is 25.5 Å². The van der Waals surface area contributed by atoms with Crippen molar-refractivity contribution < 1.29 is 24.8 Å². The van der Waals surface area contributed by atoms with Crippen LogP contribution in [-0.2, 0) is 4.74 Å². The molecule has 0 radical (unpaired) electrons. The number of ether oxygens (including phenoxy) is 2. The molecule has 30 heavy (non-hydrogen) atoms. The zero-order chi connectivity index (χ0) is 21.3. The fraction of sp³-hybridized carbons (Fsp3) is 0.333. The van der Waals surface area contributed by atoms with Crippen LogP contribution in [0.25, 0.3) is 11.2 Å². The van der Waals surface area contributed by atoms with Crippen LogP contribution in [0.3, 0.4) is 0 Å². The van der Waals surface area contributed by atoms with Crippen molar-refractivity contribution in [3.8, 4) is 5.75 Å². The predicted molar refractivity (Wildman–Crippen MR) is 107 cm³/mol. The molecule has 4 rings (SSSR count). The number of aliphatic hydroxyl groups excluding tert-OH is 3. The summed E-state index contributed by atoms with van der Waals surface area (Å²) in [5, 5.41) is 34.1. The highest BCUT2D eigenvalue weighted by Crippen LogP contribution is 2.35. The van der Waals surface area contributed by atoms with E-state index in [1.807, 2.05) is 12.1 Å². The third kappa shape index (κ3) is 3.52. The lowest BCUT2D eigenvalue weighted by Crippen LogP contribution is -2.33. The summed E-state index contributed by atoms with van der Waals surface area (Å²) in [7, 11) is 1.58. The standard InChI is InChI=1S/C18H21N7O5/c1-29-10-4-2-9(3-5-10)6-22-24-18-23-12-15(19)20-8-21-16(12)25(18)17-14(28)13(27)11(7-26)30-17/h2-6,8,11,13-14,17,26-28H,7H2,1H3,(H,23,24)(H2,19,20,21)/b22-6-/t11-,13-,14-,17-/m0/s1. The maximum atomic E-state index is 10.4. The zero-order valence-corrected chi connectivity index (χ0v) is 16.0. The maximum Gasteiger partial charge on any atom is 0.228 e. The molecule has 3 aromatic rings. The van der Waals surface area contributed by atoms with Gasteiger partial charge in [-0.1, -0.05) is 0 Å². The quantitative estimate of drug-likeness (QED) is 0.260. The van der Waals surface area contributed by atoms with Crippen LogP contribution in [0.15, 0.2) is 35.7 Å². The first-order valence-corrected chi connectivity index (χ1v) is 9.07. The molecule has 0 saturated carbocycles. The summed E-state index contributed by atoms with van der Waals surface area (Å²) < 4.78 is 12.2. The Morgan fingerprint density at radius 2 is 2.03 bits per heavy atom. The number of aliphatic hydroxyl groups is 3. The largest absolute Gasteiger partial charge is 0.497 e. The molecule has 0 unspecified atom stereocenters. The second-order valence-corrected chi connectivity index (χ2v) is 6.61. The number of nitrogen functional groups attached to an aromatic ring is 1. The van der Waals surface area contributed by atoms with Gasteiger partial charge in [-0.3, -0.25) is 4.57 Å². The Kier molecular flexibility index (Phi) is 5.46. The molecule has 1 aliphatic rings. The van der Waals surface area contributed by atoms with Gasteiger partial charge in [0.05, 0.1) is 19.9 Å². The van der Waals surface area contributed by atoms with Gasteiger partial charge in [0.25, 0.3) is 0 Å². The number of benzene rings is 1. The molecular formula is C18H21N7O5. The lowest BCUT2D eigenvalue weighted by atomic mass is 10.1. The van der Waals surface area contributed by atoms with Crippen molar-refractivity contribution in [2.24, 2.45) is 5.10 Å². The second-order valence-electron chi connectivity index (χ2n) is 6.61. The normalized spacial score (nSPS) is 24.0. The number of aromatic nitrogens is 4. The zero-order valence-electron chi connectivity index (χ0n) is 16.0. The number of nitrogens with one attached hydrogen (secondary N) is 1. The molecule has 1 aromatic carbocycles. The lowest BCUT2D eigenvalue weighted by molar-refractivity contribution is -0.0501. The fourth-order valence-corrected chi connectivity index (χ4v) is 3.19. The van der Waals surface area contributed by atoms with E-state index in [0.29, 0.717) is 0 Å². The average molecular weight is 415 g/mol. The molecular weight excluding hydrogens is 394 g/mol. The van der Waals surface area contributed by atoms with Gasteiger partial charge in [-0.15, -0.1) is 0 Å². The number of hydrogen-bond donors (Lipinski definition) is 5. The van der Waals surface area contributed by atoms with Gasteiger partial charge >= 0.3 is 0 Å². The van der Waals surface area contributed by atoms with Crippen molar-refractivity contribution >= 4 is 29.1 Å². The molecule has 6 N–H and O–H groups in total. The van der Waals surface area contributed by atoms with Crippen molar-refractivity contribution in [3.63, 3.8) is 0 Å². The fourth-order valence-electron chi connectivity index (χ4n) is 3.19. The third-order valence-corrected chi connectivity index (χ3v) is 4.77. The van der Waals surface area contributed by atoms with Gasteiger partial charge < -0.3 is 30.5 Å². The molecule has 2 aromatic heterocycles.